The first-order chi connectivity index (χ1) is 14.4. The van der Waals surface area contributed by atoms with Crippen LogP contribution in [0, 0.1) is 0 Å². The Kier molecular flexibility index (Phi) is 5.10. The average Bonchev–Trinajstić information content (AvgIpc) is 3.00. The number of thiophene rings is 1. The third-order valence-corrected chi connectivity index (χ3v) is 6.71. The van der Waals surface area contributed by atoms with Crippen molar-refractivity contribution >= 4 is 17.0 Å². The second kappa shape index (κ2) is 8.18. The molecule has 4 aromatic rings. The highest BCUT2D eigenvalue weighted by Gasteiger charge is 2.24. The Bertz CT molecular complexity index is 1130. The van der Waals surface area contributed by atoms with Crippen LogP contribution in [0.2, 0.25) is 0 Å². The SMILES string of the molecule is c1ccc(Cc2sc3c(c2-c2ccccc2)CCCN=C3c2ccccc2)cc1. The fraction of sp³-hybridized carbons (Fsp3) is 0.148. The number of rotatable bonds is 4. The van der Waals surface area contributed by atoms with Crippen LogP contribution in [0.25, 0.3) is 11.1 Å². The standard InChI is InChI=1S/C27H23NS/c1-4-11-20(12-5-1)19-24-25(21-13-6-2-7-14-21)23-17-10-18-28-26(27(23)29-24)22-15-8-3-9-16-22/h1-9,11-16H,10,17-19H2. The summed E-state index contributed by atoms with van der Waals surface area (Å²) < 4.78 is 0. The molecule has 0 bridgehead atoms. The molecule has 0 saturated heterocycles. The molecule has 3 aromatic carbocycles. The molecule has 0 saturated carbocycles. The lowest BCUT2D eigenvalue weighted by molar-refractivity contribution is 0.847. The van der Waals surface area contributed by atoms with Crippen LogP contribution in [0.1, 0.15) is 32.9 Å². The van der Waals surface area contributed by atoms with E-state index in [-0.39, 0.29) is 0 Å². The maximum atomic E-state index is 5.02. The molecule has 142 valence electrons. The Morgan fingerprint density at radius 3 is 2.03 bits per heavy atom. The van der Waals surface area contributed by atoms with Crippen molar-refractivity contribution in [2.24, 2.45) is 4.99 Å². The molecule has 0 unspecified atom stereocenters. The minimum Gasteiger partial charge on any atom is -0.283 e. The molecule has 0 fully saturated rings. The lowest BCUT2D eigenvalue weighted by Gasteiger charge is -2.09. The first-order valence-corrected chi connectivity index (χ1v) is 11.1. The molecule has 0 spiro atoms. The predicted molar refractivity (Wildman–Crippen MR) is 124 cm³/mol. The van der Waals surface area contributed by atoms with E-state index < -0.39 is 0 Å². The van der Waals surface area contributed by atoms with Gasteiger partial charge in [0, 0.05) is 23.4 Å². The summed E-state index contributed by atoms with van der Waals surface area (Å²) in [5, 5.41) is 0. The van der Waals surface area contributed by atoms with Crippen LogP contribution in [-0.2, 0) is 12.8 Å². The number of fused-ring (bicyclic) bond motifs is 1. The highest BCUT2D eigenvalue weighted by Crippen LogP contribution is 2.41. The molecule has 1 aliphatic heterocycles. The molecule has 29 heavy (non-hydrogen) atoms. The summed E-state index contributed by atoms with van der Waals surface area (Å²) in [6.07, 6.45) is 3.15. The molecule has 5 rings (SSSR count). The van der Waals surface area contributed by atoms with E-state index in [1.807, 2.05) is 11.3 Å². The molecule has 1 nitrogen and oxygen atoms in total. The molecular formula is C27H23NS. The van der Waals surface area contributed by atoms with Crippen LogP contribution in [-0.4, -0.2) is 12.3 Å². The third kappa shape index (κ3) is 3.68. The van der Waals surface area contributed by atoms with Gasteiger partial charge in [0.2, 0.25) is 0 Å². The summed E-state index contributed by atoms with van der Waals surface area (Å²) >= 11 is 1.94. The molecule has 0 atom stereocenters. The minimum atomic E-state index is 0.897. The van der Waals surface area contributed by atoms with Crippen molar-refractivity contribution in [3.05, 3.63) is 117 Å². The van der Waals surface area contributed by atoms with Gasteiger partial charge in [0.05, 0.1) is 10.6 Å². The highest BCUT2D eigenvalue weighted by molar-refractivity contribution is 7.15. The number of hydrogen-bond donors (Lipinski definition) is 0. The fourth-order valence-corrected chi connectivity index (χ4v) is 5.56. The molecule has 2 heteroatoms. The topological polar surface area (TPSA) is 12.4 Å². The van der Waals surface area contributed by atoms with Crippen LogP contribution in [0.15, 0.2) is 96.0 Å². The van der Waals surface area contributed by atoms with E-state index in [1.54, 1.807) is 0 Å². The van der Waals surface area contributed by atoms with Crippen molar-refractivity contribution in [1.82, 2.24) is 0 Å². The summed E-state index contributed by atoms with van der Waals surface area (Å²) in [7, 11) is 0. The normalized spacial score (nSPS) is 13.4. The molecule has 1 aliphatic rings. The van der Waals surface area contributed by atoms with Gasteiger partial charge >= 0.3 is 0 Å². The van der Waals surface area contributed by atoms with Crippen LogP contribution in [0.5, 0.6) is 0 Å². The maximum Gasteiger partial charge on any atom is 0.0821 e. The monoisotopic (exact) mass is 393 g/mol. The Balaban J connectivity index is 1.70. The Hall–Kier alpha value is -2.97. The molecule has 2 heterocycles. The molecule has 0 aliphatic carbocycles. The van der Waals surface area contributed by atoms with E-state index in [1.165, 1.54) is 43.3 Å². The van der Waals surface area contributed by atoms with Crippen molar-refractivity contribution in [3.8, 4) is 11.1 Å². The highest BCUT2D eigenvalue weighted by atomic mass is 32.1. The van der Waals surface area contributed by atoms with Gasteiger partial charge in [0.25, 0.3) is 0 Å². The van der Waals surface area contributed by atoms with Gasteiger partial charge in [-0.25, -0.2) is 0 Å². The second-order valence-corrected chi connectivity index (χ2v) is 8.54. The molecule has 0 amide bonds. The lowest BCUT2D eigenvalue weighted by atomic mass is 9.93. The zero-order chi connectivity index (χ0) is 19.5. The van der Waals surface area contributed by atoms with Crippen molar-refractivity contribution in [2.45, 2.75) is 19.3 Å². The summed E-state index contributed by atoms with van der Waals surface area (Å²) in [5.41, 5.74) is 7.99. The van der Waals surface area contributed by atoms with E-state index >= 15 is 0 Å². The lowest BCUT2D eigenvalue weighted by Crippen LogP contribution is -2.02. The Morgan fingerprint density at radius 1 is 0.724 bits per heavy atom. The van der Waals surface area contributed by atoms with Gasteiger partial charge in [-0.3, -0.25) is 4.99 Å². The molecular weight excluding hydrogens is 370 g/mol. The minimum absolute atomic E-state index is 0.897. The van der Waals surface area contributed by atoms with Crippen molar-refractivity contribution < 1.29 is 0 Å². The van der Waals surface area contributed by atoms with Gasteiger partial charge in [-0.1, -0.05) is 91.0 Å². The van der Waals surface area contributed by atoms with E-state index in [0.29, 0.717) is 0 Å². The Labute approximate surface area is 176 Å². The van der Waals surface area contributed by atoms with Crippen LogP contribution in [0.4, 0.5) is 0 Å². The fourth-order valence-electron chi connectivity index (χ4n) is 4.13. The van der Waals surface area contributed by atoms with Gasteiger partial charge in [0.15, 0.2) is 0 Å². The van der Waals surface area contributed by atoms with Gasteiger partial charge in [0.1, 0.15) is 0 Å². The van der Waals surface area contributed by atoms with E-state index in [2.05, 4.69) is 91.0 Å². The smallest absolute Gasteiger partial charge is 0.0821 e. The van der Waals surface area contributed by atoms with Gasteiger partial charge in [-0.05, 0) is 35.1 Å². The predicted octanol–water partition coefficient (Wildman–Crippen LogP) is 6.79. The third-order valence-electron chi connectivity index (χ3n) is 5.47. The van der Waals surface area contributed by atoms with Crippen molar-refractivity contribution in [3.63, 3.8) is 0 Å². The van der Waals surface area contributed by atoms with Crippen LogP contribution < -0.4 is 0 Å². The van der Waals surface area contributed by atoms with Gasteiger partial charge in [-0.2, -0.15) is 0 Å². The van der Waals surface area contributed by atoms with E-state index in [4.69, 9.17) is 4.99 Å². The zero-order valence-electron chi connectivity index (χ0n) is 16.3. The molecule has 0 N–H and O–H groups in total. The van der Waals surface area contributed by atoms with Crippen LogP contribution >= 0.6 is 11.3 Å². The first-order valence-electron chi connectivity index (χ1n) is 10.2. The number of aliphatic imine (C=N–C) groups is 1. The average molecular weight is 394 g/mol. The van der Waals surface area contributed by atoms with Gasteiger partial charge in [-0.15, -0.1) is 11.3 Å². The van der Waals surface area contributed by atoms with Crippen LogP contribution in [0.3, 0.4) is 0 Å². The summed E-state index contributed by atoms with van der Waals surface area (Å²) in [6.45, 7) is 0.897. The number of benzene rings is 3. The van der Waals surface area contributed by atoms with Crippen molar-refractivity contribution in [2.75, 3.05) is 6.54 Å². The largest absolute Gasteiger partial charge is 0.283 e. The molecule has 1 aromatic heterocycles. The second-order valence-electron chi connectivity index (χ2n) is 7.44. The quantitative estimate of drug-likeness (QED) is 0.362. The Morgan fingerprint density at radius 2 is 1.34 bits per heavy atom. The summed E-state index contributed by atoms with van der Waals surface area (Å²) in [4.78, 5) is 7.82. The number of hydrogen-bond acceptors (Lipinski definition) is 2. The summed E-state index contributed by atoms with van der Waals surface area (Å²) in [6, 6.07) is 32.4. The maximum absolute atomic E-state index is 5.02. The summed E-state index contributed by atoms with van der Waals surface area (Å²) in [5.74, 6) is 0. The van der Waals surface area contributed by atoms with E-state index in [0.717, 1.165) is 25.8 Å². The first kappa shape index (κ1) is 18.1. The number of nitrogens with zero attached hydrogens (tertiary/aromatic N) is 1. The zero-order valence-corrected chi connectivity index (χ0v) is 17.2. The molecule has 0 radical (unpaired) electrons. The van der Waals surface area contributed by atoms with E-state index in [9.17, 15) is 0 Å². The van der Waals surface area contributed by atoms with Crippen molar-refractivity contribution in [1.29, 1.82) is 0 Å². The van der Waals surface area contributed by atoms with Gasteiger partial charge < -0.3 is 0 Å².